The number of esters is 2. The van der Waals surface area contributed by atoms with E-state index in [9.17, 15) is 19.5 Å². The van der Waals surface area contributed by atoms with Crippen LogP contribution < -0.4 is 10.6 Å². The van der Waals surface area contributed by atoms with Crippen molar-refractivity contribution in [3.63, 3.8) is 0 Å². The van der Waals surface area contributed by atoms with Crippen molar-refractivity contribution in [2.75, 3.05) is 6.54 Å². The average molecular weight is 589 g/mol. The van der Waals surface area contributed by atoms with Crippen LogP contribution in [0.4, 0.5) is 0 Å². The highest BCUT2D eigenvalue weighted by Gasteiger charge is 2.34. The van der Waals surface area contributed by atoms with Crippen molar-refractivity contribution in [1.29, 1.82) is 0 Å². The number of unbranched alkanes of at least 4 members (excludes halogenated alkanes) is 1. The van der Waals surface area contributed by atoms with E-state index in [1.54, 1.807) is 13.8 Å². The number of carbonyl (C=O) groups is 3. The van der Waals surface area contributed by atoms with Gasteiger partial charge in [0.2, 0.25) is 5.91 Å². The van der Waals surface area contributed by atoms with Crippen LogP contribution in [-0.2, 0) is 30.3 Å². The van der Waals surface area contributed by atoms with Gasteiger partial charge < -0.3 is 25.2 Å². The third-order valence-electron chi connectivity index (χ3n) is 7.73. The van der Waals surface area contributed by atoms with Gasteiger partial charge in [0.15, 0.2) is 6.10 Å². The first-order valence-electron chi connectivity index (χ1n) is 16.1. The molecule has 8 nitrogen and oxygen atoms in total. The summed E-state index contributed by atoms with van der Waals surface area (Å²) in [5.41, 5.74) is 0.468. The molecule has 0 bridgehead atoms. The highest BCUT2D eigenvalue weighted by molar-refractivity contribution is 5.83. The second kappa shape index (κ2) is 18.3. The Balaban J connectivity index is 2.11. The average Bonchev–Trinajstić information content (AvgIpc) is 2.93. The fraction of sp³-hybridized carbons (Fsp3) is 0.735. The quantitative estimate of drug-likeness (QED) is 0.206. The van der Waals surface area contributed by atoms with Crippen LogP contribution in [0, 0.1) is 11.8 Å². The van der Waals surface area contributed by atoms with Gasteiger partial charge in [0.1, 0.15) is 5.60 Å². The number of hydrogen-bond donors (Lipinski definition) is 3. The lowest BCUT2D eigenvalue weighted by molar-refractivity contribution is -0.160. The van der Waals surface area contributed by atoms with Gasteiger partial charge in [-0.25, -0.2) is 4.79 Å². The van der Waals surface area contributed by atoms with Gasteiger partial charge in [-0.1, -0.05) is 82.2 Å². The Bertz CT molecular complexity index is 939. The van der Waals surface area contributed by atoms with Crippen LogP contribution in [0.5, 0.6) is 0 Å². The molecule has 3 N–H and O–H groups in total. The fourth-order valence-electron chi connectivity index (χ4n) is 5.55. The predicted molar refractivity (Wildman–Crippen MR) is 166 cm³/mol. The molecule has 1 saturated carbocycles. The van der Waals surface area contributed by atoms with Gasteiger partial charge in [0.25, 0.3) is 0 Å². The summed E-state index contributed by atoms with van der Waals surface area (Å²) in [6.45, 7) is 11.6. The van der Waals surface area contributed by atoms with E-state index in [0.717, 1.165) is 44.1 Å². The molecule has 0 radical (unpaired) electrons. The fourth-order valence-corrected chi connectivity index (χ4v) is 5.55. The molecule has 0 saturated heterocycles. The molecule has 0 spiro atoms. The Morgan fingerprint density at radius 2 is 1.67 bits per heavy atom. The van der Waals surface area contributed by atoms with Crippen LogP contribution in [0.25, 0.3) is 0 Å². The van der Waals surface area contributed by atoms with E-state index in [1.165, 1.54) is 6.42 Å². The smallest absolute Gasteiger partial charge is 0.337 e. The van der Waals surface area contributed by atoms with Crippen LogP contribution in [0.1, 0.15) is 111 Å². The molecule has 238 valence electrons. The molecule has 0 heterocycles. The van der Waals surface area contributed by atoms with E-state index < -0.39 is 29.8 Å². The molecular weight excluding hydrogens is 532 g/mol. The lowest BCUT2D eigenvalue weighted by atomic mass is 9.83. The lowest BCUT2D eigenvalue weighted by Crippen LogP contribution is -2.54. The molecule has 1 aromatic carbocycles. The minimum absolute atomic E-state index is 0.238. The van der Waals surface area contributed by atoms with E-state index in [2.05, 4.69) is 17.6 Å². The van der Waals surface area contributed by atoms with Gasteiger partial charge in [-0.15, -0.1) is 0 Å². The second-order valence-corrected chi connectivity index (χ2v) is 13.1. The van der Waals surface area contributed by atoms with Gasteiger partial charge in [0, 0.05) is 0 Å². The van der Waals surface area contributed by atoms with Crippen molar-refractivity contribution in [2.24, 2.45) is 11.8 Å². The zero-order valence-electron chi connectivity index (χ0n) is 26.8. The number of amides is 1. The first kappa shape index (κ1) is 35.7. The maximum atomic E-state index is 13.6. The number of benzene rings is 1. The number of carbonyl (C=O) groups excluding carboxylic acids is 3. The number of hydrogen-bond acceptors (Lipinski definition) is 7. The molecular formula is C34H56N2O6. The summed E-state index contributed by atoms with van der Waals surface area (Å²) in [4.78, 5) is 39.3. The van der Waals surface area contributed by atoms with Crippen LogP contribution >= 0.6 is 0 Å². The molecule has 1 fully saturated rings. The third-order valence-corrected chi connectivity index (χ3v) is 7.73. The molecule has 4 atom stereocenters. The summed E-state index contributed by atoms with van der Waals surface area (Å²) in [5.74, 6) is -1.20. The van der Waals surface area contributed by atoms with Gasteiger partial charge in [-0.3, -0.25) is 9.59 Å². The Morgan fingerprint density at radius 1 is 1.00 bits per heavy atom. The molecule has 1 amide bonds. The third kappa shape index (κ3) is 13.7. The van der Waals surface area contributed by atoms with Gasteiger partial charge in [-0.2, -0.15) is 0 Å². The topological polar surface area (TPSA) is 114 Å². The van der Waals surface area contributed by atoms with Crippen LogP contribution in [-0.4, -0.2) is 59.4 Å². The summed E-state index contributed by atoms with van der Waals surface area (Å²) >= 11 is 0. The normalized spacial score (nSPS) is 17.2. The van der Waals surface area contributed by atoms with Crippen molar-refractivity contribution in [3.05, 3.63) is 35.9 Å². The van der Waals surface area contributed by atoms with Gasteiger partial charge >= 0.3 is 11.9 Å². The van der Waals surface area contributed by atoms with Crippen molar-refractivity contribution in [3.8, 4) is 0 Å². The standard InChI is InChI=1S/C34H56N2O6/c1-7-8-19-28(35-21-20-27(32(39)42-34(4,5)6)22-25-15-11-9-12-16-25)31(38)36-29(23-26-17-13-10-14-18-26)30(37)33(40)41-24(2)3/h9,11-12,15-16,24,26-30,35,37H,7-8,10,13-14,17-23H2,1-6H3,(H,36,38)/t27?,28-,29-,30+/m0/s1. The van der Waals surface area contributed by atoms with E-state index in [1.807, 2.05) is 51.1 Å². The highest BCUT2D eigenvalue weighted by atomic mass is 16.6. The Hall–Kier alpha value is -2.45. The molecule has 2 rings (SSSR count). The van der Waals surface area contributed by atoms with Crippen molar-refractivity contribution >= 4 is 17.8 Å². The van der Waals surface area contributed by atoms with E-state index >= 15 is 0 Å². The maximum absolute atomic E-state index is 13.6. The molecule has 0 aromatic heterocycles. The molecule has 1 unspecified atom stereocenters. The summed E-state index contributed by atoms with van der Waals surface area (Å²) in [5, 5.41) is 17.3. The minimum atomic E-state index is -1.42. The molecule has 1 aromatic rings. The monoisotopic (exact) mass is 588 g/mol. The number of aliphatic hydroxyl groups is 1. The lowest BCUT2D eigenvalue weighted by Gasteiger charge is -2.31. The second-order valence-electron chi connectivity index (χ2n) is 13.1. The molecule has 8 heteroatoms. The molecule has 42 heavy (non-hydrogen) atoms. The van der Waals surface area contributed by atoms with Crippen molar-refractivity contribution in [1.82, 2.24) is 10.6 Å². The van der Waals surface area contributed by atoms with Crippen molar-refractivity contribution < 1.29 is 29.0 Å². The first-order valence-corrected chi connectivity index (χ1v) is 16.1. The van der Waals surface area contributed by atoms with Crippen LogP contribution in [0.2, 0.25) is 0 Å². The van der Waals surface area contributed by atoms with Gasteiger partial charge in [0.05, 0.1) is 24.1 Å². The Kier molecular flexibility index (Phi) is 15.5. The highest BCUT2D eigenvalue weighted by Crippen LogP contribution is 2.28. The Morgan fingerprint density at radius 3 is 2.26 bits per heavy atom. The van der Waals surface area contributed by atoms with Crippen molar-refractivity contribution in [2.45, 2.75) is 142 Å². The Labute approximate surface area is 253 Å². The SMILES string of the molecule is CCCC[C@H](NCCC(Cc1ccccc1)C(=O)OC(C)(C)C)C(=O)N[C@@H](CC1CCCCC1)[C@@H](O)C(=O)OC(C)C. The largest absolute Gasteiger partial charge is 0.461 e. The zero-order chi connectivity index (χ0) is 31.1. The molecule has 1 aliphatic carbocycles. The number of aliphatic hydroxyl groups excluding tert-OH is 1. The summed E-state index contributed by atoms with van der Waals surface area (Å²) in [6, 6.07) is 8.65. The molecule has 0 aliphatic heterocycles. The summed E-state index contributed by atoms with van der Waals surface area (Å²) in [6.07, 6.45) is 7.71. The predicted octanol–water partition coefficient (Wildman–Crippen LogP) is 5.49. The van der Waals surface area contributed by atoms with Crippen LogP contribution in [0.15, 0.2) is 30.3 Å². The van der Waals surface area contributed by atoms with E-state index in [-0.39, 0.29) is 23.9 Å². The number of rotatable bonds is 17. The first-order chi connectivity index (χ1) is 19.9. The van der Waals surface area contributed by atoms with Gasteiger partial charge in [-0.05, 0) is 78.3 Å². The minimum Gasteiger partial charge on any atom is -0.461 e. The van der Waals surface area contributed by atoms with E-state index in [4.69, 9.17) is 9.47 Å². The maximum Gasteiger partial charge on any atom is 0.337 e. The number of nitrogens with one attached hydrogen (secondary N) is 2. The molecule has 1 aliphatic rings. The summed E-state index contributed by atoms with van der Waals surface area (Å²) in [7, 11) is 0. The zero-order valence-corrected chi connectivity index (χ0v) is 26.8. The van der Waals surface area contributed by atoms with Crippen LogP contribution in [0.3, 0.4) is 0 Å². The van der Waals surface area contributed by atoms with E-state index in [0.29, 0.717) is 38.1 Å². The summed E-state index contributed by atoms with van der Waals surface area (Å²) < 4.78 is 11.0. The number of ether oxygens (including phenoxy) is 2.